The first kappa shape index (κ1) is 10.6. The van der Waals surface area contributed by atoms with Crippen LogP contribution in [-0.4, -0.2) is 16.8 Å². The van der Waals surface area contributed by atoms with E-state index in [9.17, 15) is 5.21 Å². The molecule has 0 saturated heterocycles. The molecule has 0 heterocycles. The molecule has 0 amide bonds. The molecule has 4 N–H and O–H groups in total. The molecule has 0 aliphatic rings. The standard InChI is InChI=1S/C8H11N3O3/c1-6-2-3-7(9-5-10-12)8(4-6)11(13)14/h2-5,11-13H,1H3,(H,9,10). The molecule has 0 radical (unpaired) electrons. The molecule has 0 aliphatic heterocycles. The smallest absolute Gasteiger partial charge is 0.189 e. The van der Waals surface area contributed by atoms with Crippen molar-refractivity contribution in [3.63, 3.8) is 0 Å². The quantitative estimate of drug-likeness (QED) is 0.312. The Labute approximate surface area is 80.6 Å². The van der Waals surface area contributed by atoms with E-state index < -0.39 is 5.23 Å². The van der Waals surface area contributed by atoms with E-state index in [1.165, 1.54) is 6.07 Å². The molecule has 76 valence electrons. The number of nitrogens with one attached hydrogen (secondary N) is 2. The summed E-state index contributed by atoms with van der Waals surface area (Å²) in [5.41, 5.74) is 2.96. The normalized spacial score (nSPS) is 13.1. The first-order valence-corrected chi connectivity index (χ1v) is 3.91. The average Bonchev–Trinajstić information content (AvgIpc) is 2.15. The summed E-state index contributed by atoms with van der Waals surface area (Å²) in [6, 6.07) is 4.84. The van der Waals surface area contributed by atoms with Crippen molar-refractivity contribution in [3.05, 3.63) is 29.0 Å². The number of benzene rings is 1. The van der Waals surface area contributed by atoms with Crippen LogP contribution in [0.25, 0.3) is 0 Å². The minimum absolute atomic E-state index is 0.108. The third-order valence-corrected chi connectivity index (χ3v) is 1.64. The van der Waals surface area contributed by atoms with Gasteiger partial charge in [-0.1, -0.05) is 6.07 Å². The van der Waals surface area contributed by atoms with Gasteiger partial charge in [0.15, 0.2) is 5.69 Å². The molecular weight excluding hydrogens is 186 g/mol. The Morgan fingerprint density at radius 2 is 2.29 bits per heavy atom. The van der Waals surface area contributed by atoms with Crippen molar-refractivity contribution in [2.45, 2.75) is 6.92 Å². The zero-order valence-corrected chi connectivity index (χ0v) is 7.56. The molecular formula is C8H11N3O3. The molecule has 6 heteroatoms. The molecule has 14 heavy (non-hydrogen) atoms. The van der Waals surface area contributed by atoms with Crippen molar-refractivity contribution in [3.8, 4) is 0 Å². The Balaban J connectivity index is 3.08. The first-order chi connectivity index (χ1) is 6.65. The molecule has 1 atom stereocenters. The molecule has 1 aromatic carbocycles. The van der Waals surface area contributed by atoms with Gasteiger partial charge in [-0.05, 0) is 18.6 Å². The van der Waals surface area contributed by atoms with Gasteiger partial charge in [-0.3, -0.25) is 10.7 Å². The largest absolute Gasteiger partial charge is 0.595 e. The zero-order chi connectivity index (χ0) is 10.6. The third-order valence-electron chi connectivity index (χ3n) is 1.64. The lowest BCUT2D eigenvalue weighted by atomic mass is 10.2. The molecule has 0 saturated carbocycles. The van der Waals surface area contributed by atoms with Gasteiger partial charge < -0.3 is 5.21 Å². The van der Waals surface area contributed by atoms with Gasteiger partial charge in [0.05, 0.1) is 0 Å². The molecule has 0 spiro atoms. The van der Waals surface area contributed by atoms with Gasteiger partial charge >= 0.3 is 0 Å². The Morgan fingerprint density at radius 3 is 2.86 bits per heavy atom. The maximum Gasteiger partial charge on any atom is 0.189 e. The summed E-state index contributed by atoms with van der Waals surface area (Å²) in [6.07, 6.45) is 1.01. The van der Waals surface area contributed by atoms with Crippen LogP contribution in [0, 0.1) is 12.1 Å². The fourth-order valence-electron chi connectivity index (χ4n) is 1.03. The van der Waals surface area contributed by atoms with Crippen LogP contribution < -0.4 is 10.7 Å². The van der Waals surface area contributed by atoms with Crippen LogP contribution in [0.3, 0.4) is 0 Å². The van der Waals surface area contributed by atoms with Gasteiger partial charge in [-0.2, -0.15) is 5.23 Å². The van der Waals surface area contributed by atoms with Gasteiger partial charge in [-0.15, -0.1) is 0 Å². The van der Waals surface area contributed by atoms with Crippen molar-refractivity contribution in [2.75, 3.05) is 0 Å². The highest BCUT2D eigenvalue weighted by Crippen LogP contribution is 2.21. The Bertz CT molecular complexity index is 339. The maximum absolute atomic E-state index is 10.8. The molecule has 0 aliphatic carbocycles. The Kier molecular flexibility index (Phi) is 3.55. The number of hydrogen-bond acceptors (Lipinski definition) is 4. The summed E-state index contributed by atoms with van der Waals surface area (Å²) in [5, 5.41) is 26.8. The van der Waals surface area contributed by atoms with Crippen LogP contribution in [0.4, 0.5) is 11.4 Å². The van der Waals surface area contributed by atoms with Crippen molar-refractivity contribution in [1.29, 1.82) is 0 Å². The predicted octanol–water partition coefficient (Wildman–Crippen LogP) is 0.0370. The molecule has 0 bridgehead atoms. The molecule has 1 aromatic rings. The molecule has 6 nitrogen and oxygen atoms in total. The number of nitrogens with zero attached hydrogens (tertiary/aromatic N) is 1. The minimum Gasteiger partial charge on any atom is -0.595 e. The summed E-state index contributed by atoms with van der Waals surface area (Å²) < 4.78 is 0. The number of aliphatic imine (C=N–C) groups is 1. The fraction of sp³-hybridized carbons (Fsp3) is 0.125. The number of quaternary nitrogens is 1. The lowest BCUT2D eigenvalue weighted by Crippen LogP contribution is -2.99. The van der Waals surface area contributed by atoms with Crippen molar-refractivity contribution >= 4 is 17.7 Å². The molecule has 1 rings (SSSR count). The second-order valence-electron chi connectivity index (χ2n) is 2.71. The highest BCUT2D eigenvalue weighted by atomic mass is 16.8. The van der Waals surface area contributed by atoms with Crippen LogP contribution in [0.5, 0.6) is 0 Å². The van der Waals surface area contributed by atoms with Crippen molar-refractivity contribution in [2.24, 2.45) is 4.99 Å². The Morgan fingerprint density at radius 1 is 1.57 bits per heavy atom. The SMILES string of the molecule is Cc1ccc(N=CNO)c([NH+]([O-])O)c1. The van der Waals surface area contributed by atoms with Gasteiger partial charge in [0.1, 0.15) is 12.0 Å². The van der Waals surface area contributed by atoms with Crippen molar-refractivity contribution in [1.82, 2.24) is 5.48 Å². The lowest BCUT2D eigenvalue weighted by Gasteiger charge is -2.13. The van der Waals surface area contributed by atoms with Gasteiger partial charge in [0, 0.05) is 6.07 Å². The van der Waals surface area contributed by atoms with Crippen molar-refractivity contribution < 1.29 is 15.6 Å². The first-order valence-electron chi connectivity index (χ1n) is 3.91. The summed E-state index contributed by atoms with van der Waals surface area (Å²) in [7, 11) is 0. The second kappa shape index (κ2) is 4.68. The summed E-state index contributed by atoms with van der Waals surface area (Å²) in [6.45, 7) is 1.80. The van der Waals surface area contributed by atoms with E-state index in [0.717, 1.165) is 11.9 Å². The summed E-state index contributed by atoms with van der Waals surface area (Å²) in [4.78, 5) is 3.72. The Hall–Kier alpha value is -1.47. The third kappa shape index (κ3) is 2.51. The van der Waals surface area contributed by atoms with E-state index >= 15 is 0 Å². The zero-order valence-electron chi connectivity index (χ0n) is 7.56. The lowest BCUT2D eigenvalue weighted by molar-refractivity contribution is -0.990. The number of rotatable bonds is 3. The van der Waals surface area contributed by atoms with Crippen LogP contribution in [0.1, 0.15) is 5.56 Å². The molecule has 1 unspecified atom stereocenters. The maximum atomic E-state index is 10.8. The van der Waals surface area contributed by atoms with Crippen LogP contribution in [-0.2, 0) is 0 Å². The van der Waals surface area contributed by atoms with Gasteiger partial charge in [-0.25, -0.2) is 10.2 Å². The molecule has 0 aromatic heterocycles. The van der Waals surface area contributed by atoms with Crippen LogP contribution in [0.15, 0.2) is 23.2 Å². The number of hydrogen-bond donors (Lipinski definition) is 4. The highest BCUT2D eigenvalue weighted by molar-refractivity contribution is 5.66. The van der Waals surface area contributed by atoms with Crippen LogP contribution in [0.2, 0.25) is 0 Å². The number of hydroxylamine groups is 1. The van der Waals surface area contributed by atoms with Crippen LogP contribution >= 0.6 is 0 Å². The van der Waals surface area contributed by atoms with Gasteiger partial charge in [0.25, 0.3) is 0 Å². The minimum atomic E-state index is -1.04. The average molecular weight is 197 g/mol. The van der Waals surface area contributed by atoms with Gasteiger partial charge in [0.2, 0.25) is 0 Å². The number of aryl methyl sites for hydroxylation is 1. The van der Waals surface area contributed by atoms with E-state index in [1.807, 2.05) is 0 Å². The monoisotopic (exact) mass is 197 g/mol. The summed E-state index contributed by atoms with van der Waals surface area (Å²) in [5.74, 6) is 0. The topological polar surface area (TPSA) is 92.4 Å². The van der Waals surface area contributed by atoms with E-state index in [2.05, 4.69) is 4.99 Å². The van der Waals surface area contributed by atoms with E-state index in [1.54, 1.807) is 24.5 Å². The highest BCUT2D eigenvalue weighted by Gasteiger charge is 2.07. The van der Waals surface area contributed by atoms with E-state index in [4.69, 9.17) is 10.4 Å². The van der Waals surface area contributed by atoms with E-state index in [0.29, 0.717) is 5.69 Å². The van der Waals surface area contributed by atoms with E-state index in [-0.39, 0.29) is 5.69 Å². The molecule has 0 fully saturated rings. The second-order valence-corrected chi connectivity index (χ2v) is 2.71. The predicted molar refractivity (Wildman–Crippen MR) is 50.0 cm³/mol. The fourth-order valence-corrected chi connectivity index (χ4v) is 1.03. The summed E-state index contributed by atoms with van der Waals surface area (Å²) >= 11 is 0.